The molecule has 26 heavy (non-hydrogen) atoms. The second kappa shape index (κ2) is 7.41. The summed E-state index contributed by atoms with van der Waals surface area (Å²) in [5.41, 5.74) is 9.39. The van der Waals surface area contributed by atoms with Crippen LogP contribution < -0.4 is 10.6 Å². The largest absolute Gasteiger partial charge is 0.370 e. The van der Waals surface area contributed by atoms with E-state index in [1.54, 1.807) is 6.20 Å². The van der Waals surface area contributed by atoms with Crippen LogP contribution in [0.25, 0.3) is 0 Å². The number of amides is 1. The highest BCUT2D eigenvalue weighted by atomic mass is 16.5. The van der Waals surface area contributed by atoms with Gasteiger partial charge in [0.25, 0.3) is 5.91 Å². The maximum atomic E-state index is 12.0. The molecular formula is C20H24N4O2. The summed E-state index contributed by atoms with van der Waals surface area (Å²) < 4.78 is 6.07. The third kappa shape index (κ3) is 3.55. The first-order chi connectivity index (χ1) is 12.7. The first-order valence-corrected chi connectivity index (χ1v) is 9.30. The zero-order valence-corrected chi connectivity index (χ0v) is 14.9. The minimum atomic E-state index is -0.404. The number of carbonyl (C=O) groups excluding carboxylic acids is 1. The number of nitrogens with zero attached hydrogens (tertiary/aromatic N) is 3. The van der Waals surface area contributed by atoms with E-state index in [0.29, 0.717) is 12.2 Å². The van der Waals surface area contributed by atoms with Crippen molar-refractivity contribution in [2.75, 3.05) is 18.0 Å². The van der Waals surface area contributed by atoms with Crippen LogP contribution >= 0.6 is 0 Å². The number of fused-ring (bicyclic) bond motifs is 1. The van der Waals surface area contributed by atoms with Crippen molar-refractivity contribution in [2.45, 2.75) is 44.8 Å². The van der Waals surface area contributed by atoms with Crippen molar-refractivity contribution < 1.29 is 9.53 Å². The Balaban J connectivity index is 1.50. The van der Waals surface area contributed by atoms with E-state index in [1.807, 2.05) is 24.3 Å². The highest BCUT2D eigenvalue weighted by Crippen LogP contribution is 2.29. The van der Waals surface area contributed by atoms with Gasteiger partial charge >= 0.3 is 0 Å². The molecule has 3 heterocycles. The minimum Gasteiger partial charge on any atom is -0.370 e. The van der Waals surface area contributed by atoms with Crippen LogP contribution in [-0.2, 0) is 24.2 Å². The van der Waals surface area contributed by atoms with Crippen LogP contribution in [0.2, 0.25) is 0 Å². The van der Waals surface area contributed by atoms with Gasteiger partial charge in [-0.1, -0.05) is 6.07 Å². The number of ether oxygens (including phenoxy) is 1. The Hall–Kier alpha value is -2.47. The van der Waals surface area contributed by atoms with E-state index >= 15 is 0 Å². The lowest BCUT2D eigenvalue weighted by atomic mass is 10.1. The van der Waals surface area contributed by atoms with Crippen LogP contribution in [0.4, 0.5) is 5.82 Å². The van der Waals surface area contributed by atoms with E-state index in [1.165, 1.54) is 5.56 Å². The molecule has 0 bridgehead atoms. The molecule has 1 saturated heterocycles. The summed E-state index contributed by atoms with van der Waals surface area (Å²) in [6, 6.07) is 7.78. The van der Waals surface area contributed by atoms with Crippen LogP contribution in [0.15, 0.2) is 30.5 Å². The number of piperidine rings is 1. The van der Waals surface area contributed by atoms with Crippen molar-refractivity contribution in [3.63, 3.8) is 0 Å². The van der Waals surface area contributed by atoms with E-state index in [2.05, 4.69) is 9.88 Å². The smallest absolute Gasteiger partial charge is 0.252 e. The van der Waals surface area contributed by atoms with Gasteiger partial charge in [0.05, 0.1) is 24.0 Å². The standard InChI is InChI=1S/C20H24N4O2/c21-19(25)17-11-14-5-3-8-18(14)23-20(17)24-10-4-7-16(12-24)26-13-15-6-1-2-9-22-15/h1-2,6,9,11,16H,3-5,7-8,10,12-13H2,(H2,21,25). The van der Waals surface area contributed by atoms with Gasteiger partial charge in [-0.25, -0.2) is 4.98 Å². The summed E-state index contributed by atoms with van der Waals surface area (Å²) in [5, 5.41) is 0. The van der Waals surface area contributed by atoms with Gasteiger partial charge < -0.3 is 15.4 Å². The zero-order chi connectivity index (χ0) is 17.9. The average Bonchev–Trinajstić information content (AvgIpc) is 3.14. The minimum absolute atomic E-state index is 0.0986. The molecule has 0 saturated carbocycles. The van der Waals surface area contributed by atoms with Gasteiger partial charge in [-0.3, -0.25) is 9.78 Å². The Morgan fingerprint density at radius 2 is 2.23 bits per heavy atom. The summed E-state index contributed by atoms with van der Waals surface area (Å²) in [5.74, 6) is 0.322. The van der Waals surface area contributed by atoms with Crippen LogP contribution in [0.1, 0.15) is 46.6 Å². The number of primary amides is 1. The fourth-order valence-electron chi connectivity index (χ4n) is 3.84. The lowest BCUT2D eigenvalue weighted by molar-refractivity contribution is 0.0296. The van der Waals surface area contributed by atoms with Crippen molar-refractivity contribution in [3.05, 3.63) is 53.0 Å². The lowest BCUT2D eigenvalue weighted by Gasteiger charge is -2.34. The van der Waals surface area contributed by atoms with Crippen molar-refractivity contribution in [3.8, 4) is 0 Å². The molecule has 2 aliphatic rings. The fourth-order valence-corrected chi connectivity index (χ4v) is 3.84. The van der Waals surface area contributed by atoms with Gasteiger partial charge in [-0.05, 0) is 55.9 Å². The van der Waals surface area contributed by atoms with Gasteiger partial charge in [0.15, 0.2) is 0 Å². The quantitative estimate of drug-likeness (QED) is 0.892. The summed E-state index contributed by atoms with van der Waals surface area (Å²) >= 11 is 0. The Morgan fingerprint density at radius 1 is 1.31 bits per heavy atom. The maximum Gasteiger partial charge on any atom is 0.252 e. The molecule has 1 amide bonds. The predicted molar refractivity (Wildman–Crippen MR) is 99.0 cm³/mol. The number of carbonyl (C=O) groups is 1. The van der Waals surface area contributed by atoms with Crippen LogP contribution in [0.5, 0.6) is 0 Å². The first-order valence-electron chi connectivity index (χ1n) is 9.30. The summed E-state index contributed by atoms with van der Waals surface area (Å²) in [6.45, 7) is 2.09. The van der Waals surface area contributed by atoms with Gasteiger partial charge in [0.1, 0.15) is 5.82 Å². The van der Waals surface area contributed by atoms with E-state index < -0.39 is 5.91 Å². The molecule has 2 aromatic rings. The number of nitrogens with two attached hydrogens (primary N) is 1. The van der Waals surface area contributed by atoms with Gasteiger partial charge in [0.2, 0.25) is 0 Å². The molecule has 136 valence electrons. The van der Waals surface area contributed by atoms with Gasteiger partial charge in [-0.2, -0.15) is 0 Å². The molecule has 0 spiro atoms. The van der Waals surface area contributed by atoms with Gasteiger partial charge in [0, 0.05) is 25.0 Å². The molecule has 2 aromatic heterocycles. The number of anilines is 1. The Bertz CT molecular complexity index is 794. The summed E-state index contributed by atoms with van der Waals surface area (Å²) in [4.78, 5) is 23.2. The van der Waals surface area contributed by atoms with Crippen molar-refractivity contribution >= 4 is 11.7 Å². The number of aryl methyl sites for hydroxylation is 2. The Kier molecular flexibility index (Phi) is 4.84. The first kappa shape index (κ1) is 17.0. The number of hydrogen-bond acceptors (Lipinski definition) is 5. The Labute approximate surface area is 153 Å². The number of rotatable bonds is 5. The normalized spacial score (nSPS) is 19.4. The van der Waals surface area contributed by atoms with E-state index in [9.17, 15) is 4.79 Å². The number of hydrogen-bond donors (Lipinski definition) is 1. The lowest BCUT2D eigenvalue weighted by Crippen LogP contribution is -2.41. The highest BCUT2D eigenvalue weighted by Gasteiger charge is 2.27. The number of aromatic nitrogens is 2. The molecule has 1 unspecified atom stereocenters. The van der Waals surface area contributed by atoms with Crippen LogP contribution in [-0.4, -0.2) is 35.1 Å². The fraction of sp³-hybridized carbons (Fsp3) is 0.450. The third-order valence-corrected chi connectivity index (χ3v) is 5.17. The maximum absolute atomic E-state index is 12.0. The van der Waals surface area contributed by atoms with Gasteiger partial charge in [-0.15, -0.1) is 0 Å². The predicted octanol–water partition coefficient (Wildman–Crippen LogP) is 2.25. The molecule has 0 aromatic carbocycles. The molecule has 4 rings (SSSR count). The second-order valence-electron chi connectivity index (χ2n) is 7.03. The van der Waals surface area contributed by atoms with Crippen molar-refractivity contribution in [2.24, 2.45) is 5.73 Å². The zero-order valence-electron chi connectivity index (χ0n) is 14.9. The Morgan fingerprint density at radius 3 is 3.04 bits per heavy atom. The van der Waals surface area contributed by atoms with E-state index in [0.717, 1.165) is 62.4 Å². The van der Waals surface area contributed by atoms with Crippen LogP contribution in [0, 0.1) is 0 Å². The van der Waals surface area contributed by atoms with Crippen molar-refractivity contribution in [1.29, 1.82) is 0 Å². The molecule has 0 radical (unpaired) electrons. The second-order valence-corrected chi connectivity index (χ2v) is 7.03. The molecule has 1 aliphatic carbocycles. The van der Waals surface area contributed by atoms with E-state index in [4.69, 9.17) is 15.5 Å². The number of pyridine rings is 2. The molecular weight excluding hydrogens is 328 g/mol. The van der Waals surface area contributed by atoms with E-state index in [-0.39, 0.29) is 6.10 Å². The molecule has 1 atom stereocenters. The van der Waals surface area contributed by atoms with Crippen molar-refractivity contribution in [1.82, 2.24) is 9.97 Å². The molecule has 2 N–H and O–H groups in total. The third-order valence-electron chi connectivity index (χ3n) is 5.17. The highest BCUT2D eigenvalue weighted by molar-refractivity contribution is 5.98. The monoisotopic (exact) mass is 352 g/mol. The molecule has 6 nitrogen and oxygen atoms in total. The topological polar surface area (TPSA) is 81.3 Å². The molecule has 1 fully saturated rings. The molecule has 1 aliphatic heterocycles. The van der Waals surface area contributed by atoms with Crippen LogP contribution in [0.3, 0.4) is 0 Å². The SMILES string of the molecule is NC(=O)c1cc2c(nc1N1CCCC(OCc3ccccn3)C1)CCC2. The average molecular weight is 352 g/mol. The summed E-state index contributed by atoms with van der Waals surface area (Å²) in [7, 11) is 0. The summed E-state index contributed by atoms with van der Waals surface area (Å²) in [6.07, 6.45) is 6.94. The molecule has 6 heteroatoms.